The number of piperidine rings is 1. The molecule has 6 atom stereocenters. The van der Waals surface area contributed by atoms with Gasteiger partial charge < -0.3 is 15.7 Å². The number of nitrogens with zero attached hydrogens (tertiary/aromatic N) is 5. The Hall–Kier alpha value is -2.48. The summed E-state index contributed by atoms with van der Waals surface area (Å²) in [7, 11) is 0. The van der Waals surface area contributed by atoms with Gasteiger partial charge in [0.15, 0.2) is 0 Å². The Kier molecular flexibility index (Phi) is 8.90. The third-order valence-electron chi connectivity index (χ3n) is 9.21. The van der Waals surface area contributed by atoms with Crippen molar-refractivity contribution in [3.63, 3.8) is 0 Å². The smallest absolute Gasteiger partial charge is 0.307 e. The van der Waals surface area contributed by atoms with Crippen LogP contribution in [0.4, 0.5) is 8.78 Å². The monoisotopic (exact) mass is 604 g/mol. The van der Waals surface area contributed by atoms with E-state index in [1.165, 1.54) is 6.07 Å². The maximum atomic E-state index is 14.0. The van der Waals surface area contributed by atoms with Crippen molar-refractivity contribution in [1.29, 1.82) is 0 Å². The number of benzene rings is 1. The number of aliphatic hydroxyl groups is 1. The van der Waals surface area contributed by atoms with E-state index in [1.54, 1.807) is 27.7 Å². The van der Waals surface area contributed by atoms with Gasteiger partial charge in [0, 0.05) is 52.9 Å². The second kappa shape index (κ2) is 12.6. The second-order valence-electron chi connectivity index (χ2n) is 12.0. The van der Waals surface area contributed by atoms with Gasteiger partial charge in [0.25, 0.3) is 5.56 Å². The van der Waals surface area contributed by atoms with Crippen LogP contribution in [0.1, 0.15) is 45.1 Å². The van der Waals surface area contributed by atoms with Gasteiger partial charge in [0.2, 0.25) is 0 Å². The number of nitrogens with one attached hydrogen (secondary N) is 3. The Morgan fingerprint density at radius 1 is 1.14 bits per heavy atom. The van der Waals surface area contributed by atoms with Gasteiger partial charge in [-0.15, -0.1) is 0 Å². The fourth-order valence-electron chi connectivity index (χ4n) is 7.19. The molecule has 3 aliphatic heterocycles. The van der Waals surface area contributed by atoms with E-state index in [2.05, 4.69) is 28.1 Å². The Morgan fingerprint density at radius 2 is 2.00 bits per heavy atom. The summed E-state index contributed by atoms with van der Waals surface area (Å²) in [5.41, 5.74) is 4.57. The predicted octanol–water partition coefficient (Wildman–Crippen LogP) is 3.00. The molecule has 3 aliphatic rings. The first-order chi connectivity index (χ1) is 20.3. The molecule has 1 aromatic carbocycles. The van der Waals surface area contributed by atoms with Crippen molar-refractivity contribution in [2.45, 2.75) is 76.3 Å². The quantitative estimate of drug-likeness (QED) is 0.329. The lowest BCUT2D eigenvalue weighted by molar-refractivity contribution is -0.0841. The SMILES string of the molecule is C[C@@H]1CCC[C@H](n2cnc(-c3cc(Cl)cc4cn(CCO)nc34)cc2=O)C2CC(CCN2)C2C(CNN2C(F)F)NC1. The molecule has 5 heterocycles. The molecule has 3 aromatic rings. The maximum Gasteiger partial charge on any atom is 0.307 e. The van der Waals surface area contributed by atoms with E-state index >= 15 is 0 Å². The minimum atomic E-state index is -2.58. The third-order valence-corrected chi connectivity index (χ3v) is 9.43. The minimum Gasteiger partial charge on any atom is -0.394 e. The number of hydrazine groups is 1. The van der Waals surface area contributed by atoms with Gasteiger partial charge in [0.1, 0.15) is 5.52 Å². The van der Waals surface area contributed by atoms with Gasteiger partial charge in [-0.05, 0) is 62.7 Å². The zero-order valence-electron chi connectivity index (χ0n) is 23.7. The van der Waals surface area contributed by atoms with Crippen molar-refractivity contribution in [2.24, 2.45) is 11.8 Å². The van der Waals surface area contributed by atoms with E-state index in [1.807, 2.05) is 6.20 Å². The number of alkyl halides is 2. The topological polar surface area (TPSA) is 112 Å². The number of aromatic nitrogens is 4. The summed E-state index contributed by atoms with van der Waals surface area (Å²) in [6.45, 7) is 1.88. The van der Waals surface area contributed by atoms with E-state index in [0.29, 0.717) is 53.8 Å². The van der Waals surface area contributed by atoms with Crippen molar-refractivity contribution < 1.29 is 13.9 Å². The van der Waals surface area contributed by atoms with E-state index in [0.717, 1.165) is 42.6 Å². The highest BCUT2D eigenvalue weighted by Gasteiger charge is 2.45. The predicted molar refractivity (Wildman–Crippen MR) is 157 cm³/mol. The molecule has 228 valence electrons. The highest BCUT2D eigenvalue weighted by Crippen LogP contribution is 2.35. The molecule has 4 N–H and O–H groups in total. The molecule has 4 unspecified atom stereocenters. The number of rotatable bonds is 5. The molecular weight excluding hydrogens is 566 g/mol. The maximum absolute atomic E-state index is 14.0. The molecule has 3 saturated heterocycles. The summed E-state index contributed by atoms with van der Waals surface area (Å²) in [4.78, 5) is 18.5. The lowest BCUT2D eigenvalue weighted by atomic mass is 9.79. The summed E-state index contributed by atoms with van der Waals surface area (Å²) in [6.07, 6.45) is 7.62. The summed E-state index contributed by atoms with van der Waals surface area (Å²) in [5.74, 6) is 0.430. The molecule has 10 nitrogen and oxygen atoms in total. The zero-order chi connectivity index (χ0) is 29.4. The summed E-state index contributed by atoms with van der Waals surface area (Å²) >= 11 is 6.41. The van der Waals surface area contributed by atoms with Crippen molar-refractivity contribution in [3.8, 4) is 11.3 Å². The van der Waals surface area contributed by atoms with E-state index in [-0.39, 0.29) is 42.3 Å². The summed E-state index contributed by atoms with van der Waals surface area (Å²) < 4.78 is 31.5. The molecule has 6 rings (SSSR count). The molecule has 0 amide bonds. The first kappa shape index (κ1) is 29.6. The van der Waals surface area contributed by atoms with Crippen LogP contribution in [0.2, 0.25) is 5.02 Å². The number of halogens is 3. The van der Waals surface area contributed by atoms with Crippen molar-refractivity contribution in [1.82, 2.24) is 40.4 Å². The van der Waals surface area contributed by atoms with Gasteiger partial charge in [-0.3, -0.25) is 14.0 Å². The average Bonchev–Trinajstić information content (AvgIpc) is 3.58. The van der Waals surface area contributed by atoms with Crippen LogP contribution in [0.3, 0.4) is 0 Å². The van der Waals surface area contributed by atoms with E-state index < -0.39 is 6.55 Å². The molecule has 2 bridgehead atoms. The normalized spacial score (nSPS) is 29.4. The highest BCUT2D eigenvalue weighted by molar-refractivity contribution is 6.31. The van der Waals surface area contributed by atoms with Crippen LogP contribution in [0.15, 0.2) is 35.5 Å². The van der Waals surface area contributed by atoms with Crippen molar-refractivity contribution in [3.05, 3.63) is 46.1 Å². The number of aliphatic hydroxyl groups excluding tert-OH is 1. The summed E-state index contributed by atoms with van der Waals surface area (Å²) in [5, 5.41) is 23.6. The highest BCUT2D eigenvalue weighted by atomic mass is 35.5. The Balaban J connectivity index is 1.33. The first-order valence-electron chi connectivity index (χ1n) is 14.9. The Labute approximate surface area is 248 Å². The third kappa shape index (κ3) is 5.97. The van der Waals surface area contributed by atoms with Gasteiger partial charge in [-0.25, -0.2) is 10.4 Å². The van der Waals surface area contributed by atoms with Crippen LogP contribution in [0.25, 0.3) is 22.2 Å². The largest absolute Gasteiger partial charge is 0.394 e. The molecule has 0 aliphatic carbocycles. The van der Waals surface area contributed by atoms with Gasteiger partial charge in [-0.1, -0.05) is 24.9 Å². The molecular formula is C29H39ClF2N8O2. The van der Waals surface area contributed by atoms with Crippen LogP contribution in [0.5, 0.6) is 0 Å². The summed E-state index contributed by atoms with van der Waals surface area (Å²) in [6, 6.07) is 4.51. The van der Waals surface area contributed by atoms with Gasteiger partial charge in [0.05, 0.1) is 31.2 Å². The number of fused-ring (bicyclic) bond motifs is 5. The Morgan fingerprint density at radius 3 is 2.79 bits per heavy atom. The van der Waals surface area contributed by atoms with Gasteiger partial charge in [-0.2, -0.15) is 18.9 Å². The molecule has 0 saturated carbocycles. The molecule has 42 heavy (non-hydrogen) atoms. The van der Waals surface area contributed by atoms with Crippen LogP contribution in [0, 0.1) is 11.8 Å². The average molecular weight is 605 g/mol. The zero-order valence-corrected chi connectivity index (χ0v) is 24.5. The van der Waals surface area contributed by atoms with E-state index in [4.69, 9.17) is 16.6 Å². The molecule has 2 aromatic heterocycles. The fourth-order valence-corrected chi connectivity index (χ4v) is 7.41. The molecule has 13 heteroatoms. The van der Waals surface area contributed by atoms with Gasteiger partial charge >= 0.3 is 6.55 Å². The van der Waals surface area contributed by atoms with Crippen molar-refractivity contribution in [2.75, 3.05) is 26.2 Å². The minimum absolute atomic E-state index is 0.0448. The molecule has 0 radical (unpaired) electrons. The van der Waals surface area contributed by atoms with E-state index in [9.17, 15) is 18.7 Å². The van der Waals surface area contributed by atoms with Crippen LogP contribution in [-0.4, -0.2) is 80.4 Å². The van der Waals surface area contributed by atoms with Crippen LogP contribution < -0.4 is 21.6 Å². The van der Waals surface area contributed by atoms with Crippen molar-refractivity contribution >= 4 is 22.5 Å². The molecule has 0 spiro atoms. The van der Waals surface area contributed by atoms with Crippen LogP contribution >= 0.6 is 11.6 Å². The standard InChI is InChI=1S/C29H39ClF2N8O2/c1-17-3-2-4-25(23-10-18(5-6-33-23)28-24(34-13-17)14-36-40(28)29(31)32)39-16-35-22(12-26(39)42)21-11-20(30)9-19-15-38(7-8-41)37-27(19)21/h9,11-12,15-18,23-25,28-29,33-34,36,41H,2-8,10,13-14H2,1H3/t17-,18?,23?,24?,25+,28?/m1/s1. The fraction of sp³-hybridized carbons (Fsp3) is 0.621. The van der Waals surface area contributed by atoms with Crippen LogP contribution in [-0.2, 0) is 6.54 Å². The molecule has 3 fully saturated rings. The Bertz CT molecular complexity index is 1450. The number of hydrogen-bond acceptors (Lipinski definition) is 8. The number of hydrogen-bond donors (Lipinski definition) is 4. The lowest BCUT2D eigenvalue weighted by Crippen LogP contribution is -2.56. The second-order valence-corrected chi connectivity index (χ2v) is 12.5. The first-order valence-corrected chi connectivity index (χ1v) is 15.3. The lowest BCUT2D eigenvalue weighted by Gasteiger charge is -2.42.